The van der Waals surface area contributed by atoms with E-state index in [-0.39, 0.29) is 6.42 Å². The smallest absolute Gasteiger partial charge is 0.262 e. The number of carbonyl (C=O) groups excluding carboxylic acids is 3. The van der Waals surface area contributed by atoms with Crippen LogP contribution < -0.4 is 5.32 Å². The van der Waals surface area contributed by atoms with Crippen LogP contribution in [0.4, 0.5) is 5.69 Å². The van der Waals surface area contributed by atoms with Crippen LogP contribution in [-0.2, 0) is 11.2 Å². The number of carbonyl (C=O) groups is 3. The Morgan fingerprint density at radius 3 is 2.20 bits per heavy atom. The van der Waals surface area contributed by atoms with Gasteiger partial charge in [-0.2, -0.15) is 0 Å². The Hall–Kier alpha value is -3.26. The van der Waals surface area contributed by atoms with Crippen LogP contribution in [0.5, 0.6) is 0 Å². The number of nitrogens with zero attached hydrogens (tertiary/aromatic N) is 2. The minimum absolute atomic E-state index is 0.106. The minimum atomic E-state index is -1.06. The average Bonchev–Trinajstić information content (AvgIpc) is 3.18. The largest absolute Gasteiger partial charge is 0.361 e. The van der Waals surface area contributed by atoms with Gasteiger partial charge in [-0.1, -0.05) is 33.2 Å². The maximum Gasteiger partial charge on any atom is 0.262 e. The molecule has 2 aromatic carbocycles. The van der Waals surface area contributed by atoms with E-state index in [9.17, 15) is 14.4 Å². The van der Waals surface area contributed by atoms with Crippen molar-refractivity contribution in [2.75, 3.05) is 5.32 Å². The van der Waals surface area contributed by atoms with Crippen LogP contribution >= 0.6 is 15.9 Å². The van der Waals surface area contributed by atoms with Gasteiger partial charge in [0, 0.05) is 22.1 Å². The minimum Gasteiger partial charge on any atom is -0.361 e. The Labute approximate surface area is 181 Å². The lowest BCUT2D eigenvalue weighted by Gasteiger charge is -2.25. The zero-order valence-corrected chi connectivity index (χ0v) is 17.9. The van der Waals surface area contributed by atoms with Gasteiger partial charge in [-0.05, 0) is 50.2 Å². The van der Waals surface area contributed by atoms with Crippen molar-refractivity contribution in [2.24, 2.45) is 0 Å². The van der Waals surface area contributed by atoms with Crippen molar-refractivity contribution in [3.05, 3.63) is 81.1 Å². The second-order valence-corrected chi connectivity index (χ2v) is 7.96. The van der Waals surface area contributed by atoms with Crippen LogP contribution in [0.25, 0.3) is 0 Å². The molecule has 0 fully saturated rings. The second kappa shape index (κ2) is 7.87. The number of hydrogen-bond acceptors (Lipinski definition) is 5. The standard InChI is InChI=1S/C22H18BrN3O4/c1-12-18(13(2)30-25-12)11-19(20(27)24-15-9-7-14(23)8-10-15)26-21(28)16-5-3-4-6-17(16)22(26)29/h3-10,19H,11H2,1-2H3,(H,24,27). The molecule has 2 heterocycles. The molecule has 0 spiro atoms. The van der Waals surface area contributed by atoms with Crippen molar-refractivity contribution in [1.82, 2.24) is 10.1 Å². The predicted octanol–water partition coefficient (Wildman–Crippen LogP) is 3.90. The number of nitrogens with one attached hydrogen (secondary N) is 1. The van der Waals surface area contributed by atoms with Crippen LogP contribution in [0.2, 0.25) is 0 Å². The van der Waals surface area contributed by atoms with Gasteiger partial charge >= 0.3 is 0 Å². The Kier molecular flexibility index (Phi) is 5.26. The van der Waals surface area contributed by atoms with Crippen molar-refractivity contribution in [3.63, 3.8) is 0 Å². The molecule has 0 bridgehead atoms. The van der Waals surface area contributed by atoms with Crippen molar-refractivity contribution in [2.45, 2.75) is 26.3 Å². The molecule has 3 aromatic rings. The number of fused-ring (bicyclic) bond motifs is 1. The van der Waals surface area contributed by atoms with Crippen LogP contribution in [0.1, 0.15) is 37.7 Å². The number of aromatic nitrogens is 1. The monoisotopic (exact) mass is 467 g/mol. The molecule has 0 radical (unpaired) electrons. The molecule has 0 aliphatic carbocycles. The van der Waals surface area contributed by atoms with Gasteiger partial charge in [-0.15, -0.1) is 0 Å². The summed E-state index contributed by atoms with van der Waals surface area (Å²) in [6, 6.07) is 12.6. The molecule has 152 valence electrons. The van der Waals surface area contributed by atoms with Gasteiger partial charge in [0.05, 0.1) is 16.8 Å². The second-order valence-electron chi connectivity index (χ2n) is 7.04. The molecular formula is C22H18BrN3O4. The predicted molar refractivity (Wildman–Crippen MR) is 113 cm³/mol. The molecule has 30 heavy (non-hydrogen) atoms. The molecule has 4 rings (SSSR count). The van der Waals surface area contributed by atoms with E-state index in [0.717, 1.165) is 9.37 Å². The Bertz CT molecular complexity index is 1100. The van der Waals surface area contributed by atoms with E-state index in [0.29, 0.717) is 33.8 Å². The molecule has 1 aliphatic heterocycles. The summed E-state index contributed by atoms with van der Waals surface area (Å²) in [7, 11) is 0. The summed E-state index contributed by atoms with van der Waals surface area (Å²) < 4.78 is 6.08. The van der Waals surface area contributed by atoms with E-state index >= 15 is 0 Å². The molecule has 1 atom stereocenters. The van der Waals surface area contributed by atoms with Gasteiger partial charge in [0.1, 0.15) is 11.8 Å². The number of hydrogen-bond donors (Lipinski definition) is 1. The fourth-order valence-corrected chi connectivity index (χ4v) is 3.80. The quantitative estimate of drug-likeness (QED) is 0.574. The maximum absolute atomic E-state index is 13.3. The molecule has 0 saturated carbocycles. The highest BCUT2D eigenvalue weighted by Crippen LogP contribution is 2.28. The number of aryl methyl sites for hydroxylation is 2. The third-order valence-electron chi connectivity index (χ3n) is 5.13. The third kappa shape index (κ3) is 3.54. The normalized spacial score (nSPS) is 14.0. The Morgan fingerprint density at radius 1 is 1.07 bits per heavy atom. The summed E-state index contributed by atoms with van der Waals surface area (Å²) in [5.41, 5.74) is 2.46. The van der Waals surface area contributed by atoms with E-state index < -0.39 is 23.8 Å². The lowest BCUT2D eigenvalue weighted by atomic mass is 10.0. The Balaban J connectivity index is 1.70. The SMILES string of the molecule is Cc1noc(C)c1CC(C(=O)Nc1ccc(Br)cc1)N1C(=O)c2ccccc2C1=O. The van der Waals surface area contributed by atoms with E-state index in [1.807, 2.05) is 0 Å². The average molecular weight is 468 g/mol. The van der Waals surface area contributed by atoms with E-state index in [1.165, 1.54) is 0 Å². The van der Waals surface area contributed by atoms with Gasteiger partial charge < -0.3 is 9.84 Å². The third-order valence-corrected chi connectivity index (χ3v) is 5.66. The van der Waals surface area contributed by atoms with E-state index in [1.54, 1.807) is 62.4 Å². The maximum atomic E-state index is 13.3. The molecule has 1 aliphatic rings. The molecule has 8 heteroatoms. The molecule has 3 amide bonds. The first-order chi connectivity index (χ1) is 14.4. The van der Waals surface area contributed by atoms with Gasteiger partial charge in [0.15, 0.2) is 0 Å². The first-order valence-corrected chi connectivity index (χ1v) is 10.1. The lowest BCUT2D eigenvalue weighted by Crippen LogP contribution is -2.48. The van der Waals surface area contributed by atoms with Crippen molar-refractivity contribution < 1.29 is 18.9 Å². The van der Waals surface area contributed by atoms with E-state index in [4.69, 9.17) is 4.52 Å². The molecule has 7 nitrogen and oxygen atoms in total. The zero-order valence-electron chi connectivity index (χ0n) is 16.3. The number of amides is 3. The van der Waals surface area contributed by atoms with Crippen LogP contribution in [0.15, 0.2) is 57.5 Å². The van der Waals surface area contributed by atoms with Gasteiger partial charge in [0.2, 0.25) is 5.91 Å². The highest BCUT2D eigenvalue weighted by Gasteiger charge is 2.43. The molecular weight excluding hydrogens is 450 g/mol. The highest BCUT2D eigenvalue weighted by molar-refractivity contribution is 9.10. The fourth-order valence-electron chi connectivity index (χ4n) is 3.54. The summed E-state index contributed by atoms with van der Waals surface area (Å²) in [6.45, 7) is 3.50. The van der Waals surface area contributed by atoms with E-state index in [2.05, 4.69) is 26.4 Å². The summed E-state index contributed by atoms with van der Waals surface area (Å²) in [6.07, 6.45) is 0.106. The number of rotatable bonds is 5. The first-order valence-electron chi connectivity index (χ1n) is 9.32. The van der Waals surface area contributed by atoms with Crippen LogP contribution in [-0.4, -0.2) is 33.8 Å². The topological polar surface area (TPSA) is 92.5 Å². The van der Waals surface area contributed by atoms with Crippen molar-refractivity contribution >= 4 is 39.3 Å². The van der Waals surface area contributed by atoms with Crippen molar-refractivity contribution in [3.8, 4) is 0 Å². The first kappa shape index (κ1) is 20.0. The summed E-state index contributed by atoms with van der Waals surface area (Å²) in [5, 5.41) is 6.73. The Morgan fingerprint density at radius 2 is 1.67 bits per heavy atom. The van der Waals surface area contributed by atoms with Gasteiger partial charge in [-0.3, -0.25) is 19.3 Å². The fraction of sp³-hybridized carbons (Fsp3) is 0.182. The number of imide groups is 1. The molecule has 1 unspecified atom stereocenters. The zero-order chi connectivity index (χ0) is 21.4. The molecule has 1 aromatic heterocycles. The highest BCUT2D eigenvalue weighted by atomic mass is 79.9. The van der Waals surface area contributed by atoms with Gasteiger partial charge in [0.25, 0.3) is 11.8 Å². The summed E-state index contributed by atoms with van der Waals surface area (Å²) in [4.78, 5) is 40.3. The van der Waals surface area contributed by atoms with Gasteiger partial charge in [-0.25, -0.2) is 0 Å². The van der Waals surface area contributed by atoms with Crippen LogP contribution in [0, 0.1) is 13.8 Å². The molecule has 1 N–H and O–H groups in total. The summed E-state index contributed by atoms with van der Waals surface area (Å²) in [5.74, 6) is -0.894. The molecule has 0 saturated heterocycles. The van der Waals surface area contributed by atoms with Crippen LogP contribution in [0.3, 0.4) is 0 Å². The lowest BCUT2D eigenvalue weighted by molar-refractivity contribution is -0.119. The number of anilines is 1. The number of benzene rings is 2. The van der Waals surface area contributed by atoms with Crippen molar-refractivity contribution in [1.29, 1.82) is 0 Å². The number of halogens is 1. The summed E-state index contributed by atoms with van der Waals surface area (Å²) >= 11 is 3.35.